The number of hydrogen-bond acceptors (Lipinski definition) is 0. The quantitative estimate of drug-likeness (QED) is 0.278. The van der Waals surface area contributed by atoms with E-state index in [0.717, 1.165) is 82.9 Å². The molecule has 2 aromatic rings. The van der Waals surface area contributed by atoms with Gasteiger partial charge in [-0.1, -0.05) is 82.8 Å². The van der Waals surface area contributed by atoms with Crippen LogP contribution in [0.15, 0.2) is 12.1 Å². The van der Waals surface area contributed by atoms with Crippen molar-refractivity contribution in [2.24, 2.45) is 59.2 Å². The molecule has 0 radical (unpaired) electrons. The second-order valence-corrected chi connectivity index (χ2v) is 19.7. The van der Waals surface area contributed by atoms with Gasteiger partial charge in [-0.2, -0.15) is 0 Å². The van der Waals surface area contributed by atoms with E-state index >= 15 is 0 Å². The molecule has 244 valence electrons. The van der Waals surface area contributed by atoms with Crippen molar-refractivity contribution < 1.29 is 0 Å². The smallest absolute Gasteiger partial charge is 0.00880 e. The van der Waals surface area contributed by atoms with Gasteiger partial charge < -0.3 is 0 Å². The summed E-state index contributed by atoms with van der Waals surface area (Å²) in [5.74, 6) is 13.8. The number of aryl methyl sites for hydroxylation is 1. The highest BCUT2D eigenvalue weighted by atomic mass is 14.6. The fourth-order valence-corrected chi connectivity index (χ4v) is 17.3. The zero-order chi connectivity index (χ0) is 29.7. The van der Waals surface area contributed by atoms with Gasteiger partial charge >= 0.3 is 0 Å². The second-order valence-electron chi connectivity index (χ2n) is 19.7. The predicted molar refractivity (Wildman–Crippen MR) is 190 cm³/mol. The number of fused-ring (bicyclic) bond motifs is 12. The summed E-state index contributed by atoms with van der Waals surface area (Å²) in [6.45, 7) is 0. The minimum Gasteiger partial charge on any atom is -0.0581 e. The van der Waals surface area contributed by atoms with Crippen molar-refractivity contribution >= 4 is 10.8 Å². The Balaban J connectivity index is 1.17. The average molecular weight is 613 g/mol. The maximum absolute atomic E-state index is 2.81. The largest absolute Gasteiger partial charge is 0.0581 e. The number of benzene rings is 2. The monoisotopic (exact) mass is 612 g/mol. The maximum atomic E-state index is 2.81. The molecule has 0 saturated heterocycles. The standard InChI is InChI=1S/C46H60/c1-2-10-27-23-37-30(21-26(27)9-1)24-38-41-34-16-6-5-15-32(34)33-17-7-12-25-19-20-36(44(41)39(25)33)45-43-31-14-4-3-11-28(31)22-29-13-8-18-35(40(29)43)42(37)46(38)45/h19-20,26-35,37,40,42-43H,1-18,21-24H2/t26-,27+,28-,29+,30-,31-,32-,33+,34-,35+,37-,40?,42?,43-/m0/s1. The topological polar surface area (TPSA) is 0 Å². The summed E-state index contributed by atoms with van der Waals surface area (Å²) in [6.07, 6.45) is 33.8. The molecule has 14 atom stereocenters. The van der Waals surface area contributed by atoms with Crippen LogP contribution in [0.5, 0.6) is 0 Å². The fourth-order valence-electron chi connectivity index (χ4n) is 17.3. The van der Waals surface area contributed by atoms with Crippen molar-refractivity contribution in [2.75, 3.05) is 0 Å². The van der Waals surface area contributed by atoms with Gasteiger partial charge in [-0.05, 0) is 198 Å². The number of rotatable bonds is 0. The molecular weight excluding hydrogens is 553 g/mol. The third-order valence-electron chi connectivity index (χ3n) is 18.4. The molecule has 46 heavy (non-hydrogen) atoms. The molecule has 6 fully saturated rings. The highest BCUT2D eigenvalue weighted by Crippen LogP contribution is 2.71. The molecular formula is C46H60. The summed E-state index contributed by atoms with van der Waals surface area (Å²) in [5.41, 5.74) is 12.0. The summed E-state index contributed by atoms with van der Waals surface area (Å²) in [7, 11) is 0. The fraction of sp³-hybridized carbons (Fsp3) is 0.783. The van der Waals surface area contributed by atoms with Gasteiger partial charge in [-0.3, -0.25) is 0 Å². The van der Waals surface area contributed by atoms with Crippen molar-refractivity contribution in [3.8, 4) is 0 Å². The van der Waals surface area contributed by atoms with E-state index in [1.807, 2.05) is 21.9 Å². The first-order valence-electron chi connectivity index (χ1n) is 21.5. The lowest BCUT2D eigenvalue weighted by molar-refractivity contribution is -0.0505. The van der Waals surface area contributed by atoms with Crippen LogP contribution in [0.25, 0.3) is 10.8 Å². The lowest BCUT2D eigenvalue weighted by Crippen LogP contribution is -2.53. The molecule has 0 N–H and O–H groups in total. The summed E-state index contributed by atoms with van der Waals surface area (Å²) in [6, 6.07) is 5.55. The van der Waals surface area contributed by atoms with Crippen LogP contribution in [0.3, 0.4) is 0 Å². The van der Waals surface area contributed by atoms with Crippen LogP contribution >= 0.6 is 0 Å². The minimum absolute atomic E-state index is 0.882. The Labute approximate surface area is 279 Å². The molecule has 0 heterocycles. The Morgan fingerprint density at radius 3 is 2.04 bits per heavy atom. The van der Waals surface area contributed by atoms with Crippen LogP contribution in [-0.4, -0.2) is 0 Å². The van der Waals surface area contributed by atoms with Crippen LogP contribution in [0.1, 0.15) is 185 Å². The van der Waals surface area contributed by atoms with E-state index in [-0.39, 0.29) is 0 Å². The molecule has 0 amide bonds. The molecule has 0 nitrogen and oxygen atoms in total. The van der Waals surface area contributed by atoms with Gasteiger partial charge in [0.25, 0.3) is 0 Å². The molecule has 2 unspecified atom stereocenters. The van der Waals surface area contributed by atoms with Gasteiger partial charge in [-0.25, -0.2) is 0 Å². The van der Waals surface area contributed by atoms with Gasteiger partial charge in [0.2, 0.25) is 0 Å². The predicted octanol–water partition coefficient (Wildman–Crippen LogP) is 12.4. The van der Waals surface area contributed by atoms with Gasteiger partial charge in [0, 0.05) is 0 Å². The van der Waals surface area contributed by atoms with Crippen LogP contribution in [0.4, 0.5) is 0 Å². The van der Waals surface area contributed by atoms with E-state index in [1.165, 1.54) is 77.0 Å². The minimum atomic E-state index is 0.882. The van der Waals surface area contributed by atoms with Crippen molar-refractivity contribution in [2.45, 2.75) is 165 Å². The third kappa shape index (κ3) is 3.55. The summed E-state index contributed by atoms with van der Waals surface area (Å²) >= 11 is 0. The molecule has 10 aliphatic carbocycles. The van der Waals surface area contributed by atoms with E-state index in [2.05, 4.69) is 28.8 Å². The van der Waals surface area contributed by atoms with E-state index in [9.17, 15) is 0 Å². The van der Waals surface area contributed by atoms with E-state index < -0.39 is 0 Å². The van der Waals surface area contributed by atoms with Crippen molar-refractivity contribution in [3.05, 3.63) is 45.5 Å². The molecule has 0 bridgehead atoms. The summed E-state index contributed by atoms with van der Waals surface area (Å²) in [5, 5.41) is 3.81. The van der Waals surface area contributed by atoms with Crippen molar-refractivity contribution in [1.82, 2.24) is 0 Å². The van der Waals surface area contributed by atoms with Gasteiger partial charge in [0.05, 0.1) is 0 Å². The van der Waals surface area contributed by atoms with E-state index in [0.29, 0.717) is 0 Å². The molecule has 2 aromatic carbocycles. The Hall–Kier alpha value is -1.30. The highest BCUT2D eigenvalue weighted by molar-refractivity contribution is 5.97. The Morgan fingerprint density at radius 2 is 1.13 bits per heavy atom. The Morgan fingerprint density at radius 1 is 0.435 bits per heavy atom. The van der Waals surface area contributed by atoms with Gasteiger partial charge in [-0.15, -0.1) is 0 Å². The lowest BCUT2D eigenvalue weighted by atomic mass is 9.41. The molecule has 10 aliphatic rings. The summed E-state index contributed by atoms with van der Waals surface area (Å²) in [4.78, 5) is 0. The van der Waals surface area contributed by atoms with Crippen LogP contribution < -0.4 is 0 Å². The average Bonchev–Trinajstić information content (AvgIpc) is 3.11. The SMILES string of the molecule is c1cc2c3c4c(c5c2c2c1CCC[C@@H]2[C@@H]1CCCC[C@H]51)C[C@@H]1C[C@@H]2CCCC[C@@H]2C[C@@H]1C4[C@@H]1CCC[C@@H]2C[C@@H]4CCCC[C@@H]4[C@H]3C21. The van der Waals surface area contributed by atoms with Gasteiger partial charge in [0.15, 0.2) is 0 Å². The second kappa shape index (κ2) is 10.1. The lowest BCUT2D eigenvalue weighted by Gasteiger charge is -2.63. The van der Waals surface area contributed by atoms with Crippen LogP contribution in [0.2, 0.25) is 0 Å². The first-order valence-corrected chi connectivity index (χ1v) is 21.5. The Bertz CT molecular complexity index is 1580. The van der Waals surface area contributed by atoms with Crippen LogP contribution in [-0.2, 0) is 12.8 Å². The zero-order valence-electron chi connectivity index (χ0n) is 28.8. The van der Waals surface area contributed by atoms with Gasteiger partial charge in [0.1, 0.15) is 0 Å². The Kier molecular flexibility index (Phi) is 6.06. The molecule has 0 spiro atoms. The third-order valence-corrected chi connectivity index (χ3v) is 18.4. The normalized spacial score (nSPS) is 47.8. The van der Waals surface area contributed by atoms with Crippen molar-refractivity contribution in [3.63, 3.8) is 0 Å². The molecule has 6 saturated carbocycles. The molecule has 0 aromatic heterocycles. The highest BCUT2D eigenvalue weighted by Gasteiger charge is 2.60. The van der Waals surface area contributed by atoms with E-state index in [1.54, 1.807) is 69.8 Å². The van der Waals surface area contributed by atoms with Crippen LogP contribution in [0, 0.1) is 59.2 Å². The molecule has 12 rings (SSSR count). The van der Waals surface area contributed by atoms with E-state index in [4.69, 9.17) is 0 Å². The van der Waals surface area contributed by atoms with Crippen molar-refractivity contribution in [1.29, 1.82) is 0 Å². The molecule has 0 aliphatic heterocycles. The first-order chi connectivity index (χ1) is 22.8. The first kappa shape index (κ1) is 27.5. The summed E-state index contributed by atoms with van der Waals surface area (Å²) < 4.78 is 0. The number of hydrogen-bond donors (Lipinski definition) is 0. The molecule has 0 heteroatoms. The zero-order valence-corrected chi connectivity index (χ0v) is 28.8. The maximum Gasteiger partial charge on any atom is -0.00880 e.